The van der Waals surface area contributed by atoms with Gasteiger partial charge < -0.3 is 20.7 Å². The minimum Gasteiger partial charge on any atom is -0.464 e. The van der Waals surface area contributed by atoms with Crippen molar-refractivity contribution < 1.29 is 9.53 Å². The Morgan fingerprint density at radius 3 is 2.78 bits per heavy atom. The highest BCUT2D eigenvalue weighted by Crippen LogP contribution is 2.13. The lowest BCUT2D eigenvalue weighted by Crippen LogP contribution is -2.24. The van der Waals surface area contributed by atoms with Crippen LogP contribution in [0.3, 0.4) is 0 Å². The van der Waals surface area contributed by atoms with Crippen molar-refractivity contribution in [3.05, 3.63) is 0 Å². The second-order valence-corrected chi connectivity index (χ2v) is 3.80. The number of nitrogens with one attached hydrogen (secondary N) is 3. The van der Waals surface area contributed by atoms with Crippen LogP contribution in [0, 0.1) is 0 Å². The van der Waals surface area contributed by atoms with Gasteiger partial charge in [-0.25, -0.2) is 0 Å². The third kappa shape index (κ3) is 2.96. The summed E-state index contributed by atoms with van der Waals surface area (Å²) in [5, 5.41) is 8.65. The van der Waals surface area contributed by atoms with Crippen LogP contribution in [0.15, 0.2) is 0 Å². The van der Waals surface area contributed by atoms with Gasteiger partial charge in [-0.1, -0.05) is 0 Å². The molecule has 1 amide bonds. The van der Waals surface area contributed by atoms with Crippen LogP contribution in [-0.4, -0.2) is 47.1 Å². The number of aromatic nitrogens is 3. The molecular weight excluding hydrogens is 236 g/mol. The molecule has 0 radical (unpaired) electrons. The van der Waals surface area contributed by atoms with Crippen molar-refractivity contribution in [3.63, 3.8) is 0 Å². The smallest absolute Gasteiger partial charge is 0.323 e. The van der Waals surface area contributed by atoms with Crippen molar-refractivity contribution in [3.8, 4) is 6.01 Å². The second kappa shape index (κ2) is 5.48. The maximum absolute atomic E-state index is 11.1. The van der Waals surface area contributed by atoms with Gasteiger partial charge in [0.15, 0.2) is 0 Å². The Balaban J connectivity index is 2.10. The molecule has 0 aromatic carbocycles. The Hall–Kier alpha value is -2.12. The van der Waals surface area contributed by atoms with Crippen LogP contribution >= 0.6 is 0 Å². The zero-order valence-electron chi connectivity index (χ0n) is 10.4. The van der Waals surface area contributed by atoms with Gasteiger partial charge in [0, 0.05) is 20.0 Å². The monoisotopic (exact) mass is 252 g/mol. The first-order valence-electron chi connectivity index (χ1n) is 5.81. The van der Waals surface area contributed by atoms with E-state index in [2.05, 4.69) is 30.9 Å². The highest BCUT2D eigenvalue weighted by molar-refractivity contribution is 5.79. The Kier molecular flexibility index (Phi) is 3.75. The van der Waals surface area contributed by atoms with E-state index in [0.717, 1.165) is 0 Å². The molecule has 8 heteroatoms. The summed E-state index contributed by atoms with van der Waals surface area (Å²) in [7, 11) is 1.72. The molecule has 18 heavy (non-hydrogen) atoms. The summed E-state index contributed by atoms with van der Waals surface area (Å²) in [5.41, 5.74) is 0. The van der Waals surface area contributed by atoms with Gasteiger partial charge in [0.25, 0.3) is 0 Å². The number of ether oxygens (including phenoxy) is 1. The van der Waals surface area contributed by atoms with Gasteiger partial charge in [0.05, 0.1) is 12.6 Å². The predicted octanol–water partition coefficient (Wildman–Crippen LogP) is -0.388. The van der Waals surface area contributed by atoms with Crippen LogP contribution in [0.4, 0.5) is 11.9 Å². The van der Waals surface area contributed by atoms with E-state index < -0.39 is 0 Å². The van der Waals surface area contributed by atoms with E-state index in [-0.39, 0.29) is 18.0 Å². The van der Waals surface area contributed by atoms with Crippen molar-refractivity contribution in [1.82, 2.24) is 20.3 Å². The summed E-state index contributed by atoms with van der Waals surface area (Å²) in [6, 6.07) is 0.260. The van der Waals surface area contributed by atoms with E-state index in [0.29, 0.717) is 31.5 Å². The zero-order chi connectivity index (χ0) is 13.0. The van der Waals surface area contributed by atoms with Crippen LogP contribution in [0.2, 0.25) is 0 Å². The molecule has 1 aliphatic rings. The summed E-state index contributed by atoms with van der Waals surface area (Å²) < 4.78 is 5.25. The maximum Gasteiger partial charge on any atom is 0.323 e. The lowest BCUT2D eigenvalue weighted by molar-refractivity contribution is -0.119. The molecule has 1 aromatic heterocycles. The van der Waals surface area contributed by atoms with Crippen LogP contribution in [-0.2, 0) is 4.79 Å². The van der Waals surface area contributed by atoms with Gasteiger partial charge >= 0.3 is 6.01 Å². The fraction of sp³-hybridized carbons (Fsp3) is 0.600. The lowest BCUT2D eigenvalue weighted by atomic mass is 10.3. The minimum absolute atomic E-state index is 0.000849. The van der Waals surface area contributed by atoms with E-state index in [4.69, 9.17) is 4.74 Å². The zero-order valence-corrected chi connectivity index (χ0v) is 10.4. The number of amides is 1. The average Bonchev–Trinajstić information content (AvgIpc) is 2.75. The number of nitrogens with zero attached hydrogens (tertiary/aromatic N) is 3. The molecular formula is C10H16N6O2. The number of rotatable bonds is 5. The van der Waals surface area contributed by atoms with E-state index in [9.17, 15) is 4.79 Å². The van der Waals surface area contributed by atoms with Gasteiger partial charge in [-0.2, -0.15) is 15.0 Å². The number of carbonyl (C=O) groups excluding carboxylic acids is 1. The Labute approximate surface area is 105 Å². The Morgan fingerprint density at radius 2 is 2.17 bits per heavy atom. The SMILES string of the molecule is CCOc1nc(NC)nc(NC2CNC(=O)C2)n1. The maximum atomic E-state index is 11.1. The predicted molar refractivity (Wildman–Crippen MR) is 65.6 cm³/mol. The number of anilines is 2. The summed E-state index contributed by atoms with van der Waals surface area (Å²) in [4.78, 5) is 23.4. The van der Waals surface area contributed by atoms with E-state index in [1.54, 1.807) is 7.05 Å². The van der Waals surface area contributed by atoms with Gasteiger partial charge in [0.1, 0.15) is 0 Å². The van der Waals surface area contributed by atoms with Gasteiger partial charge in [-0.3, -0.25) is 4.79 Å². The van der Waals surface area contributed by atoms with Crippen molar-refractivity contribution in [2.45, 2.75) is 19.4 Å². The summed E-state index contributed by atoms with van der Waals surface area (Å²) in [6.07, 6.45) is 0.421. The molecule has 1 aromatic rings. The number of carbonyl (C=O) groups is 1. The molecule has 1 atom stereocenters. The normalized spacial score (nSPS) is 18.3. The van der Waals surface area contributed by atoms with E-state index >= 15 is 0 Å². The van der Waals surface area contributed by atoms with Crippen molar-refractivity contribution in [1.29, 1.82) is 0 Å². The molecule has 0 saturated carbocycles. The lowest BCUT2D eigenvalue weighted by Gasteiger charge is -2.11. The molecule has 1 unspecified atom stereocenters. The fourth-order valence-electron chi connectivity index (χ4n) is 1.62. The van der Waals surface area contributed by atoms with Gasteiger partial charge in [0.2, 0.25) is 17.8 Å². The Bertz CT molecular complexity index is 438. The van der Waals surface area contributed by atoms with Crippen molar-refractivity contribution in [2.75, 3.05) is 30.8 Å². The molecule has 1 saturated heterocycles. The summed E-state index contributed by atoms with van der Waals surface area (Å²) in [5.74, 6) is 0.855. The molecule has 0 bridgehead atoms. The molecule has 2 heterocycles. The van der Waals surface area contributed by atoms with E-state index in [1.807, 2.05) is 6.92 Å². The quantitative estimate of drug-likeness (QED) is 0.656. The average molecular weight is 252 g/mol. The molecule has 2 rings (SSSR count). The standard InChI is InChI=1S/C10H16N6O2/c1-3-18-10-15-8(11-2)14-9(16-10)13-6-4-7(17)12-5-6/h6H,3-5H2,1-2H3,(H,12,17)(H2,11,13,14,15,16). The van der Waals surface area contributed by atoms with Crippen LogP contribution in [0.5, 0.6) is 6.01 Å². The van der Waals surface area contributed by atoms with E-state index in [1.165, 1.54) is 0 Å². The molecule has 1 fully saturated rings. The third-order valence-corrected chi connectivity index (χ3v) is 2.42. The van der Waals surface area contributed by atoms with Crippen LogP contribution in [0.1, 0.15) is 13.3 Å². The molecule has 98 valence electrons. The number of hydrogen-bond donors (Lipinski definition) is 3. The summed E-state index contributed by atoms with van der Waals surface area (Å²) in [6.45, 7) is 2.91. The molecule has 3 N–H and O–H groups in total. The molecule has 0 spiro atoms. The first-order valence-corrected chi connectivity index (χ1v) is 5.81. The molecule has 1 aliphatic heterocycles. The molecule has 0 aliphatic carbocycles. The number of hydrogen-bond acceptors (Lipinski definition) is 7. The highest BCUT2D eigenvalue weighted by atomic mass is 16.5. The van der Waals surface area contributed by atoms with Crippen LogP contribution < -0.4 is 20.7 Å². The largest absolute Gasteiger partial charge is 0.464 e. The fourth-order valence-corrected chi connectivity index (χ4v) is 1.62. The second-order valence-electron chi connectivity index (χ2n) is 3.80. The van der Waals surface area contributed by atoms with Crippen molar-refractivity contribution in [2.24, 2.45) is 0 Å². The molecule has 8 nitrogen and oxygen atoms in total. The topological polar surface area (TPSA) is 101 Å². The van der Waals surface area contributed by atoms with Crippen LogP contribution in [0.25, 0.3) is 0 Å². The van der Waals surface area contributed by atoms with Gasteiger partial charge in [-0.15, -0.1) is 0 Å². The van der Waals surface area contributed by atoms with Gasteiger partial charge in [-0.05, 0) is 6.92 Å². The highest BCUT2D eigenvalue weighted by Gasteiger charge is 2.22. The third-order valence-electron chi connectivity index (χ3n) is 2.42. The first-order chi connectivity index (χ1) is 8.71. The van der Waals surface area contributed by atoms with Crippen molar-refractivity contribution >= 4 is 17.8 Å². The Morgan fingerprint density at radius 1 is 1.39 bits per heavy atom. The minimum atomic E-state index is -0.000849. The first kappa shape index (κ1) is 12.3. The summed E-state index contributed by atoms with van der Waals surface area (Å²) >= 11 is 0.